The maximum atomic E-state index is 13.3. The number of methoxy groups -OCH3 is 1. The summed E-state index contributed by atoms with van der Waals surface area (Å²) in [7, 11) is 1.66. The molecule has 1 fully saturated rings. The van der Waals surface area contributed by atoms with Gasteiger partial charge in [0.25, 0.3) is 5.91 Å². The molecule has 1 aromatic rings. The quantitative estimate of drug-likeness (QED) is 0.193. The van der Waals surface area contributed by atoms with Crippen molar-refractivity contribution in [2.45, 2.75) is 116 Å². The number of benzene rings is 1. The Kier molecular flexibility index (Phi) is 14.1. The van der Waals surface area contributed by atoms with Gasteiger partial charge in [0.15, 0.2) is 5.60 Å². The molecular weight excluding hydrogens is 438 g/mol. The number of aliphatic hydroxyl groups is 1. The van der Waals surface area contributed by atoms with Gasteiger partial charge in [0.1, 0.15) is 5.75 Å². The molecule has 1 amide bonds. The number of carbonyl (C=O) groups excluding carboxylic acids is 1. The number of hydrogen-bond donors (Lipinski definition) is 1. The lowest BCUT2D eigenvalue weighted by Crippen LogP contribution is -2.51. The van der Waals surface area contributed by atoms with Crippen molar-refractivity contribution in [2.75, 3.05) is 20.2 Å². The van der Waals surface area contributed by atoms with E-state index in [-0.39, 0.29) is 12.0 Å². The van der Waals surface area contributed by atoms with Gasteiger partial charge in [-0.3, -0.25) is 4.79 Å². The Morgan fingerprint density at radius 3 is 2.26 bits per heavy atom. The Morgan fingerprint density at radius 2 is 1.66 bits per heavy atom. The number of ether oxygens (including phenoxy) is 2. The summed E-state index contributed by atoms with van der Waals surface area (Å²) >= 11 is 0. The molecule has 35 heavy (non-hydrogen) atoms. The van der Waals surface area contributed by atoms with Gasteiger partial charge in [-0.1, -0.05) is 76.5 Å². The number of amides is 1. The van der Waals surface area contributed by atoms with E-state index in [9.17, 15) is 9.90 Å². The van der Waals surface area contributed by atoms with Crippen LogP contribution in [0, 0.1) is 0 Å². The normalized spacial score (nSPS) is 16.9. The van der Waals surface area contributed by atoms with Crippen molar-refractivity contribution < 1.29 is 19.4 Å². The smallest absolute Gasteiger partial charge is 0.258 e. The van der Waals surface area contributed by atoms with E-state index in [2.05, 4.69) is 6.92 Å². The Morgan fingerprint density at radius 1 is 1.03 bits per heavy atom. The van der Waals surface area contributed by atoms with Crippen LogP contribution in [0.4, 0.5) is 0 Å². The van der Waals surface area contributed by atoms with Crippen LogP contribution in [0.3, 0.4) is 0 Å². The van der Waals surface area contributed by atoms with Crippen LogP contribution < -0.4 is 4.74 Å². The molecule has 1 aliphatic heterocycles. The van der Waals surface area contributed by atoms with Crippen LogP contribution in [0.25, 0.3) is 0 Å². The maximum absolute atomic E-state index is 13.3. The number of unbranched alkanes of at least 4 members (excludes halogenated alkanes) is 7. The molecule has 0 spiro atoms. The zero-order valence-electron chi connectivity index (χ0n) is 22.5. The molecule has 1 saturated heterocycles. The number of carbonyl (C=O) groups is 1. The largest absolute Gasteiger partial charge is 0.497 e. The van der Waals surface area contributed by atoms with Crippen LogP contribution in [-0.4, -0.2) is 47.8 Å². The maximum Gasteiger partial charge on any atom is 0.258 e. The molecule has 2 rings (SSSR count). The molecule has 0 aliphatic carbocycles. The number of rotatable bonds is 17. The summed E-state index contributed by atoms with van der Waals surface area (Å²) in [6.45, 7) is 6.02. The average Bonchev–Trinajstić information content (AvgIpc) is 2.89. The van der Waals surface area contributed by atoms with E-state index in [0.717, 1.165) is 62.9 Å². The Hall–Kier alpha value is -1.85. The Labute approximate surface area is 213 Å². The fraction of sp³-hybridized carbons (Fsp3) is 0.700. The molecule has 0 radical (unpaired) electrons. The molecule has 5 nitrogen and oxygen atoms in total. The number of likely N-dealkylation sites (tertiary alicyclic amines) is 1. The van der Waals surface area contributed by atoms with Crippen LogP contribution >= 0.6 is 0 Å². The summed E-state index contributed by atoms with van der Waals surface area (Å²) < 4.78 is 11.6. The zero-order valence-corrected chi connectivity index (χ0v) is 22.5. The van der Waals surface area contributed by atoms with Gasteiger partial charge in [-0.2, -0.15) is 0 Å². The fourth-order valence-electron chi connectivity index (χ4n) is 4.91. The fourth-order valence-corrected chi connectivity index (χ4v) is 4.91. The highest BCUT2D eigenvalue weighted by Gasteiger charge is 2.39. The first-order valence-corrected chi connectivity index (χ1v) is 13.9. The van der Waals surface area contributed by atoms with Crippen LogP contribution in [0.2, 0.25) is 0 Å². The molecule has 1 N–H and O–H groups in total. The lowest BCUT2D eigenvalue weighted by Gasteiger charge is -2.35. The van der Waals surface area contributed by atoms with E-state index >= 15 is 0 Å². The summed E-state index contributed by atoms with van der Waals surface area (Å²) in [6.07, 6.45) is 17.6. The summed E-state index contributed by atoms with van der Waals surface area (Å²) in [5.74, 6) is 0.642. The topological polar surface area (TPSA) is 59.0 Å². The summed E-state index contributed by atoms with van der Waals surface area (Å²) in [5, 5.41) is 11.5. The second-order valence-corrected chi connectivity index (χ2v) is 10.0. The lowest BCUT2D eigenvalue weighted by molar-refractivity contribution is -0.151. The monoisotopic (exact) mass is 487 g/mol. The third kappa shape index (κ3) is 10.7. The first-order valence-electron chi connectivity index (χ1n) is 13.9. The van der Waals surface area contributed by atoms with Gasteiger partial charge in [0.2, 0.25) is 0 Å². The molecule has 5 heteroatoms. The second-order valence-electron chi connectivity index (χ2n) is 10.0. The van der Waals surface area contributed by atoms with Gasteiger partial charge in [-0.05, 0) is 56.4 Å². The van der Waals surface area contributed by atoms with Crippen molar-refractivity contribution >= 4 is 5.91 Å². The average molecular weight is 488 g/mol. The lowest BCUT2D eigenvalue weighted by atomic mass is 9.90. The van der Waals surface area contributed by atoms with Crippen molar-refractivity contribution in [2.24, 2.45) is 0 Å². The van der Waals surface area contributed by atoms with E-state index in [0.29, 0.717) is 13.0 Å². The minimum absolute atomic E-state index is 0.177. The van der Waals surface area contributed by atoms with Gasteiger partial charge in [-0.25, -0.2) is 0 Å². The van der Waals surface area contributed by atoms with Gasteiger partial charge < -0.3 is 19.5 Å². The molecule has 1 aliphatic rings. The minimum atomic E-state index is -1.52. The first kappa shape index (κ1) is 29.4. The molecule has 1 aromatic carbocycles. The predicted octanol–water partition coefficient (Wildman–Crippen LogP) is 6.82. The minimum Gasteiger partial charge on any atom is -0.497 e. The SMILES string of the molecule is C/C=C\[C@](O)(C[C@H](CCCCCCCCCC)OCc1ccc(OC)cc1)C(=O)N1CCCCC1. The Bertz CT molecular complexity index is 726. The molecular formula is C30H49NO4. The van der Waals surface area contributed by atoms with Crippen molar-refractivity contribution in [1.29, 1.82) is 0 Å². The van der Waals surface area contributed by atoms with Crippen molar-refractivity contribution in [3.8, 4) is 5.75 Å². The van der Waals surface area contributed by atoms with E-state index in [4.69, 9.17) is 9.47 Å². The standard InChI is InChI=1S/C30H49NO4/c1-4-6-7-8-9-10-11-13-16-28(35-25-26-17-19-27(34-3)20-18-26)24-30(33,21-5-2)29(32)31-22-14-12-15-23-31/h5,17-21,28,33H,4,6-16,22-25H2,1-3H3/b21-5-/t28-,30-/m0/s1. The highest BCUT2D eigenvalue weighted by molar-refractivity contribution is 5.87. The molecule has 2 atom stereocenters. The molecule has 0 saturated carbocycles. The second kappa shape index (κ2) is 16.8. The van der Waals surface area contributed by atoms with Crippen LogP contribution in [0.5, 0.6) is 5.75 Å². The Balaban J connectivity index is 1.99. The predicted molar refractivity (Wildman–Crippen MR) is 144 cm³/mol. The number of hydrogen-bond acceptors (Lipinski definition) is 4. The number of nitrogens with zero attached hydrogens (tertiary/aromatic N) is 1. The number of piperidine rings is 1. The molecule has 1 heterocycles. The van der Waals surface area contributed by atoms with Crippen molar-refractivity contribution in [3.63, 3.8) is 0 Å². The highest BCUT2D eigenvalue weighted by Crippen LogP contribution is 2.26. The summed E-state index contributed by atoms with van der Waals surface area (Å²) in [5.41, 5.74) is -0.458. The van der Waals surface area contributed by atoms with Gasteiger partial charge >= 0.3 is 0 Å². The van der Waals surface area contributed by atoms with Crippen LogP contribution in [0.15, 0.2) is 36.4 Å². The van der Waals surface area contributed by atoms with Crippen molar-refractivity contribution in [3.05, 3.63) is 42.0 Å². The zero-order chi connectivity index (χ0) is 25.4. The third-order valence-electron chi connectivity index (χ3n) is 7.02. The van der Waals surface area contributed by atoms with E-state index in [1.165, 1.54) is 38.5 Å². The van der Waals surface area contributed by atoms with Gasteiger partial charge in [-0.15, -0.1) is 0 Å². The summed E-state index contributed by atoms with van der Waals surface area (Å²) in [4.78, 5) is 15.2. The molecule has 0 unspecified atom stereocenters. The highest BCUT2D eigenvalue weighted by atomic mass is 16.5. The van der Waals surface area contributed by atoms with Crippen LogP contribution in [-0.2, 0) is 16.1 Å². The van der Waals surface area contributed by atoms with Crippen molar-refractivity contribution in [1.82, 2.24) is 4.90 Å². The first-order chi connectivity index (χ1) is 17.0. The van der Waals surface area contributed by atoms with E-state index < -0.39 is 5.60 Å². The van der Waals surface area contributed by atoms with E-state index in [1.54, 1.807) is 19.3 Å². The van der Waals surface area contributed by atoms with Crippen LogP contribution in [0.1, 0.15) is 103 Å². The molecule has 0 bridgehead atoms. The molecule has 198 valence electrons. The number of allylic oxidation sites excluding steroid dienone is 1. The van der Waals surface area contributed by atoms with Gasteiger partial charge in [0, 0.05) is 19.5 Å². The molecule has 0 aromatic heterocycles. The third-order valence-corrected chi connectivity index (χ3v) is 7.02. The van der Waals surface area contributed by atoms with Gasteiger partial charge in [0.05, 0.1) is 19.8 Å². The summed E-state index contributed by atoms with van der Waals surface area (Å²) in [6, 6.07) is 7.87. The van der Waals surface area contributed by atoms with E-state index in [1.807, 2.05) is 36.1 Å².